The van der Waals surface area contributed by atoms with Crippen LogP contribution < -0.4 is 5.73 Å². The highest BCUT2D eigenvalue weighted by Crippen LogP contribution is 2.32. The summed E-state index contributed by atoms with van der Waals surface area (Å²) in [5, 5.41) is 4.01. The van der Waals surface area contributed by atoms with Crippen molar-refractivity contribution in [1.82, 2.24) is 5.16 Å². The molecule has 0 aliphatic heterocycles. The fourth-order valence-corrected chi connectivity index (χ4v) is 1.67. The summed E-state index contributed by atoms with van der Waals surface area (Å²) in [6, 6.07) is 9.93. The van der Waals surface area contributed by atoms with E-state index in [1.807, 2.05) is 30.3 Å². The van der Waals surface area contributed by atoms with Crippen molar-refractivity contribution in [1.29, 1.82) is 0 Å². The highest BCUT2D eigenvalue weighted by molar-refractivity contribution is 5.67. The van der Waals surface area contributed by atoms with Crippen molar-refractivity contribution < 1.29 is 4.52 Å². The largest absolute Gasteiger partial charge is 0.367 e. The zero-order valence-corrected chi connectivity index (χ0v) is 8.90. The minimum Gasteiger partial charge on any atom is -0.367 e. The van der Waals surface area contributed by atoms with Gasteiger partial charge in [-0.1, -0.05) is 49.3 Å². The Morgan fingerprint density at radius 3 is 2.47 bits per heavy atom. The van der Waals surface area contributed by atoms with Crippen LogP contribution in [0.2, 0.25) is 0 Å². The molecule has 3 nitrogen and oxygen atoms in total. The molecule has 0 unspecified atom stereocenters. The number of rotatable bonds is 2. The standard InChI is InChI=1S/C12H14N2O/c1-8(2)10-11(14-15-12(10)13)9-6-4-3-5-7-9/h3-8H,13H2,1-2H3. The van der Waals surface area contributed by atoms with Gasteiger partial charge in [0, 0.05) is 11.1 Å². The number of nitrogens with two attached hydrogens (primary N) is 1. The van der Waals surface area contributed by atoms with Crippen LogP contribution in [0, 0.1) is 0 Å². The maximum atomic E-state index is 5.75. The predicted molar refractivity (Wildman–Crippen MR) is 60.4 cm³/mol. The van der Waals surface area contributed by atoms with E-state index in [4.69, 9.17) is 10.3 Å². The van der Waals surface area contributed by atoms with Gasteiger partial charge in [-0.2, -0.15) is 0 Å². The summed E-state index contributed by atoms with van der Waals surface area (Å²) in [5.74, 6) is 0.732. The van der Waals surface area contributed by atoms with Gasteiger partial charge in [-0.05, 0) is 5.92 Å². The Hall–Kier alpha value is -1.77. The number of hydrogen-bond donors (Lipinski definition) is 1. The summed E-state index contributed by atoms with van der Waals surface area (Å²) in [7, 11) is 0. The fraction of sp³-hybridized carbons (Fsp3) is 0.250. The average Bonchev–Trinajstić information content (AvgIpc) is 2.61. The lowest BCUT2D eigenvalue weighted by atomic mass is 9.99. The Morgan fingerprint density at radius 2 is 1.87 bits per heavy atom. The summed E-state index contributed by atoms with van der Waals surface area (Å²) in [5.41, 5.74) is 8.63. The van der Waals surface area contributed by atoms with Gasteiger partial charge < -0.3 is 10.3 Å². The summed E-state index contributed by atoms with van der Waals surface area (Å²) in [4.78, 5) is 0. The molecule has 15 heavy (non-hydrogen) atoms. The van der Waals surface area contributed by atoms with Crippen LogP contribution in [0.25, 0.3) is 11.3 Å². The van der Waals surface area contributed by atoms with Gasteiger partial charge in [0.2, 0.25) is 5.88 Å². The van der Waals surface area contributed by atoms with Crippen LogP contribution in [0.15, 0.2) is 34.9 Å². The third-order valence-electron chi connectivity index (χ3n) is 2.38. The van der Waals surface area contributed by atoms with E-state index in [1.54, 1.807) is 0 Å². The molecule has 0 aliphatic carbocycles. The number of anilines is 1. The van der Waals surface area contributed by atoms with Crippen LogP contribution in [0.3, 0.4) is 0 Å². The molecule has 0 amide bonds. The van der Waals surface area contributed by atoms with E-state index in [9.17, 15) is 0 Å². The number of benzene rings is 1. The first-order valence-electron chi connectivity index (χ1n) is 5.00. The van der Waals surface area contributed by atoms with E-state index in [1.165, 1.54) is 0 Å². The minimum atomic E-state index is 0.312. The van der Waals surface area contributed by atoms with Crippen molar-refractivity contribution in [3.63, 3.8) is 0 Å². The molecular formula is C12H14N2O. The van der Waals surface area contributed by atoms with Crippen LogP contribution in [0.5, 0.6) is 0 Å². The lowest BCUT2D eigenvalue weighted by molar-refractivity contribution is 0.438. The van der Waals surface area contributed by atoms with E-state index in [0.717, 1.165) is 16.8 Å². The summed E-state index contributed by atoms with van der Waals surface area (Å²) in [6.07, 6.45) is 0. The summed E-state index contributed by atoms with van der Waals surface area (Å²) >= 11 is 0. The Kier molecular flexibility index (Phi) is 2.46. The van der Waals surface area contributed by atoms with Gasteiger partial charge in [-0.15, -0.1) is 0 Å². The van der Waals surface area contributed by atoms with Crippen molar-refractivity contribution in [2.24, 2.45) is 0 Å². The maximum absolute atomic E-state index is 5.75. The van der Waals surface area contributed by atoms with Crippen LogP contribution >= 0.6 is 0 Å². The molecule has 3 heteroatoms. The molecule has 2 N–H and O–H groups in total. The third-order valence-corrected chi connectivity index (χ3v) is 2.38. The van der Waals surface area contributed by atoms with E-state index in [-0.39, 0.29) is 0 Å². The monoisotopic (exact) mass is 202 g/mol. The molecule has 0 aliphatic rings. The zero-order chi connectivity index (χ0) is 10.8. The van der Waals surface area contributed by atoms with Gasteiger partial charge in [-0.3, -0.25) is 0 Å². The van der Waals surface area contributed by atoms with E-state index < -0.39 is 0 Å². The Balaban J connectivity index is 2.54. The topological polar surface area (TPSA) is 52.0 Å². The van der Waals surface area contributed by atoms with Crippen LogP contribution in [-0.2, 0) is 0 Å². The Bertz CT molecular complexity index is 446. The molecule has 1 aromatic carbocycles. The molecule has 1 heterocycles. The molecule has 2 rings (SSSR count). The summed E-state index contributed by atoms with van der Waals surface area (Å²) < 4.78 is 5.04. The molecular weight excluding hydrogens is 188 g/mol. The molecule has 78 valence electrons. The van der Waals surface area contributed by atoms with E-state index >= 15 is 0 Å². The number of aromatic nitrogens is 1. The third kappa shape index (κ3) is 1.73. The Labute approximate surface area is 88.9 Å². The van der Waals surface area contributed by atoms with Gasteiger partial charge in [0.1, 0.15) is 5.69 Å². The van der Waals surface area contributed by atoms with Crippen LogP contribution in [0.4, 0.5) is 5.88 Å². The number of hydrogen-bond acceptors (Lipinski definition) is 3. The molecule has 0 bridgehead atoms. The highest BCUT2D eigenvalue weighted by atomic mass is 16.5. The molecule has 0 radical (unpaired) electrons. The summed E-state index contributed by atoms with van der Waals surface area (Å²) in [6.45, 7) is 4.16. The first kappa shape index (κ1) is 9.77. The lowest BCUT2D eigenvalue weighted by Gasteiger charge is -2.04. The number of nitrogen functional groups attached to an aromatic ring is 1. The first-order valence-corrected chi connectivity index (χ1v) is 5.00. The average molecular weight is 202 g/mol. The van der Waals surface area contributed by atoms with Crippen LogP contribution in [0.1, 0.15) is 25.3 Å². The SMILES string of the molecule is CC(C)c1c(-c2ccccc2)noc1N. The second kappa shape index (κ2) is 3.77. The van der Waals surface area contributed by atoms with E-state index in [2.05, 4.69) is 19.0 Å². The zero-order valence-electron chi connectivity index (χ0n) is 8.90. The highest BCUT2D eigenvalue weighted by Gasteiger charge is 2.17. The first-order chi connectivity index (χ1) is 7.20. The fourth-order valence-electron chi connectivity index (χ4n) is 1.67. The normalized spacial score (nSPS) is 10.9. The molecule has 0 saturated carbocycles. The van der Waals surface area contributed by atoms with Crippen molar-refractivity contribution in [3.05, 3.63) is 35.9 Å². The predicted octanol–water partition coefficient (Wildman–Crippen LogP) is 3.05. The minimum absolute atomic E-state index is 0.312. The second-order valence-corrected chi connectivity index (χ2v) is 3.83. The van der Waals surface area contributed by atoms with Crippen LogP contribution in [-0.4, -0.2) is 5.16 Å². The molecule has 0 spiro atoms. The van der Waals surface area contributed by atoms with Crippen molar-refractivity contribution >= 4 is 5.88 Å². The maximum Gasteiger partial charge on any atom is 0.226 e. The van der Waals surface area contributed by atoms with Gasteiger partial charge >= 0.3 is 0 Å². The van der Waals surface area contributed by atoms with Crippen molar-refractivity contribution in [2.45, 2.75) is 19.8 Å². The lowest BCUT2D eigenvalue weighted by Crippen LogP contribution is -1.94. The van der Waals surface area contributed by atoms with Gasteiger partial charge in [0.25, 0.3) is 0 Å². The molecule has 1 aromatic heterocycles. The van der Waals surface area contributed by atoms with Gasteiger partial charge in [-0.25, -0.2) is 0 Å². The second-order valence-electron chi connectivity index (χ2n) is 3.83. The van der Waals surface area contributed by atoms with Crippen molar-refractivity contribution in [2.75, 3.05) is 5.73 Å². The molecule has 0 atom stereocenters. The Morgan fingerprint density at radius 1 is 1.20 bits per heavy atom. The molecule has 2 aromatic rings. The van der Waals surface area contributed by atoms with Crippen molar-refractivity contribution in [3.8, 4) is 11.3 Å². The van der Waals surface area contributed by atoms with E-state index in [0.29, 0.717) is 11.8 Å². The number of nitrogens with zero attached hydrogens (tertiary/aromatic N) is 1. The molecule has 0 fully saturated rings. The smallest absolute Gasteiger partial charge is 0.226 e. The molecule has 0 saturated heterocycles. The quantitative estimate of drug-likeness (QED) is 0.814. The van der Waals surface area contributed by atoms with Gasteiger partial charge in [0.15, 0.2) is 0 Å². The van der Waals surface area contributed by atoms with Gasteiger partial charge in [0.05, 0.1) is 0 Å².